The molecule has 1 aromatic carbocycles. The number of aliphatic carboxylic acids is 1. The van der Waals surface area contributed by atoms with Gasteiger partial charge in [-0.2, -0.15) is 0 Å². The van der Waals surface area contributed by atoms with E-state index in [1.807, 2.05) is 13.8 Å². The van der Waals surface area contributed by atoms with E-state index in [2.05, 4.69) is 40.1 Å². The van der Waals surface area contributed by atoms with Gasteiger partial charge in [-0.3, -0.25) is 33.8 Å². The van der Waals surface area contributed by atoms with Gasteiger partial charge in [0, 0.05) is 25.7 Å². The molecule has 2 atom stereocenters. The minimum absolute atomic E-state index is 0.0497. The average Bonchev–Trinajstić information content (AvgIpc) is 2.97. The first-order valence-corrected chi connectivity index (χ1v) is 14.1. The molecule has 2 rings (SSSR count). The lowest BCUT2D eigenvalue weighted by atomic mass is 10.1. The first-order chi connectivity index (χ1) is 20.4. The molecule has 1 aliphatic heterocycles. The van der Waals surface area contributed by atoms with Gasteiger partial charge in [0.1, 0.15) is 12.1 Å². The Bertz CT molecular complexity index is 1120. The number of benzene rings is 1. The fraction of sp³-hybridized carbons (Fsp3) is 0.536. The first kappa shape index (κ1) is 38.3. The van der Waals surface area contributed by atoms with Crippen molar-refractivity contribution in [1.82, 2.24) is 26.2 Å². The van der Waals surface area contributed by atoms with Crippen molar-refractivity contribution in [2.75, 3.05) is 26.7 Å². The average molecular weight is 607 g/mol. The third-order valence-corrected chi connectivity index (χ3v) is 5.60. The summed E-state index contributed by atoms with van der Waals surface area (Å²) >= 11 is 0. The van der Waals surface area contributed by atoms with Crippen molar-refractivity contribution in [3.8, 4) is 0 Å². The molecule has 0 fully saturated rings. The minimum Gasteiger partial charge on any atom is -0.481 e. The number of nitrogens with two attached hydrogens (primary N) is 2. The second kappa shape index (κ2) is 21.1. The topological polar surface area (TPSA) is 238 Å². The Balaban J connectivity index is 0.00000331. The maximum atomic E-state index is 12.9. The zero-order chi connectivity index (χ0) is 32.9. The molecule has 240 valence electrons. The fourth-order valence-electron chi connectivity index (χ4n) is 3.60. The van der Waals surface area contributed by atoms with Crippen LogP contribution >= 0.6 is 0 Å². The quantitative estimate of drug-likeness (QED) is 0.125. The third kappa shape index (κ3) is 15.2. The summed E-state index contributed by atoms with van der Waals surface area (Å²) in [7, 11) is 1.38. The Labute approximate surface area is 252 Å². The molecule has 1 heterocycles. The van der Waals surface area contributed by atoms with Gasteiger partial charge in [-0.15, -0.1) is 0 Å². The molecular weight excluding hydrogens is 560 g/mol. The van der Waals surface area contributed by atoms with Gasteiger partial charge in [0.15, 0.2) is 5.96 Å². The van der Waals surface area contributed by atoms with Crippen LogP contribution in [0.4, 0.5) is 0 Å². The van der Waals surface area contributed by atoms with Gasteiger partial charge in [-0.1, -0.05) is 46.2 Å². The molecule has 0 aromatic heterocycles. The van der Waals surface area contributed by atoms with Crippen LogP contribution in [0, 0.1) is 0 Å². The van der Waals surface area contributed by atoms with Gasteiger partial charge in [0.25, 0.3) is 5.91 Å². The standard InChI is InChI=1S/C23H32N8O7.C3H8.C2H6/c1-31-16(6-3-7-26-23(24)25)22(38)28-11-17(32)30-15(9-19(34)35)21(37)27-10-13-4-2-5-14(8-13)20(36)29-12-18(31)33;1-3-2;1-2/h2,4-5,8,15-16H,3,6-7,9-12H2,1H3,(H,27,37)(H,28,38)(H,29,36)(H,30,32)(H,34,35)(H4,24,25,26);3H2,1-2H3;1-2H3. The van der Waals surface area contributed by atoms with E-state index in [4.69, 9.17) is 16.6 Å². The maximum absolute atomic E-state index is 12.9. The van der Waals surface area contributed by atoms with Crippen molar-refractivity contribution in [3.63, 3.8) is 0 Å². The van der Waals surface area contributed by atoms with Crippen LogP contribution in [0.5, 0.6) is 0 Å². The van der Waals surface area contributed by atoms with E-state index in [1.54, 1.807) is 12.1 Å². The van der Waals surface area contributed by atoms with Crippen LogP contribution in [0.3, 0.4) is 0 Å². The predicted octanol–water partition coefficient (Wildman–Crippen LogP) is -0.555. The summed E-state index contributed by atoms with van der Waals surface area (Å²) in [5.74, 6) is -4.81. The van der Waals surface area contributed by atoms with Crippen LogP contribution in [0.15, 0.2) is 29.3 Å². The molecule has 2 unspecified atom stereocenters. The number of nitrogens with zero attached hydrogens (tertiary/aromatic N) is 2. The van der Waals surface area contributed by atoms with Gasteiger partial charge in [0.05, 0.1) is 19.5 Å². The molecule has 1 aromatic rings. The number of nitrogens with one attached hydrogen (secondary N) is 4. The molecule has 2 bridgehead atoms. The minimum atomic E-state index is -1.41. The molecular formula is C28H46N8O7. The molecule has 0 aliphatic carbocycles. The number of rotatable bonds is 6. The molecule has 15 heteroatoms. The van der Waals surface area contributed by atoms with Gasteiger partial charge >= 0.3 is 5.97 Å². The van der Waals surface area contributed by atoms with E-state index in [0.29, 0.717) is 12.0 Å². The molecule has 9 N–H and O–H groups in total. The van der Waals surface area contributed by atoms with Gasteiger partial charge in [-0.05, 0) is 30.5 Å². The van der Waals surface area contributed by atoms with Crippen LogP contribution in [-0.4, -0.2) is 90.2 Å². The molecule has 5 amide bonds. The largest absolute Gasteiger partial charge is 0.481 e. The number of amides is 5. The van der Waals surface area contributed by atoms with Crippen LogP contribution in [0.1, 0.15) is 69.3 Å². The number of fused-ring (bicyclic) bond motifs is 2. The van der Waals surface area contributed by atoms with E-state index in [9.17, 15) is 28.8 Å². The second-order valence-corrected chi connectivity index (χ2v) is 9.21. The Morgan fingerprint density at radius 2 is 1.63 bits per heavy atom. The van der Waals surface area contributed by atoms with Crippen molar-refractivity contribution >= 4 is 41.5 Å². The third-order valence-electron chi connectivity index (χ3n) is 5.60. The smallest absolute Gasteiger partial charge is 0.305 e. The van der Waals surface area contributed by atoms with Crippen LogP contribution < -0.4 is 32.7 Å². The Kier molecular flexibility index (Phi) is 18.8. The summed E-state index contributed by atoms with van der Waals surface area (Å²) in [6.07, 6.45) is 1.00. The highest BCUT2D eigenvalue weighted by atomic mass is 16.4. The van der Waals surface area contributed by atoms with Crippen molar-refractivity contribution in [2.45, 2.75) is 72.0 Å². The fourth-order valence-corrected chi connectivity index (χ4v) is 3.60. The zero-order valence-electron chi connectivity index (χ0n) is 25.6. The summed E-state index contributed by atoms with van der Waals surface area (Å²) in [6, 6.07) is 3.78. The molecule has 15 nitrogen and oxygen atoms in total. The van der Waals surface area contributed by atoms with Gasteiger partial charge < -0.3 is 42.7 Å². The summed E-state index contributed by atoms with van der Waals surface area (Å²) in [5.41, 5.74) is 11.4. The number of guanidine groups is 1. The molecule has 0 saturated carbocycles. The highest BCUT2D eigenvalue weighted by molar-refractivity contribution is 5.98. The number of carbonyl (C=O) groups is 6. The van der Waals surface area contributed by atoms with E-state index in [-0.39, 0.29) is 31.0 Å². The normalized spacial score (nSPS) is 18.0. The van der Waals surface area contributed by atoms with Crippen LogP contribution in [0.2, 0.25) is 0 Å². The monoisotopic (exact) mass is 606 g/mol. The van der Waals surface area contributed by atoms with Gasteiger partial charge in [0.2, 0.25) is 23.6 Å². The van der Waals surface area contributed by atoms with Crippen molar-refractivity contribution in [2.24, 2.45) is 16.5 Å². The molecule has 0 saturated heterocycles. The Morgan fingerprint density at radius 1 is 1.00 bits per heavy atom. The van der Waals surface area contributed by atoms with Crippen LogP contribution in [0.25, 0.3) is 0 Å². The summed E-state index contributed by atoms with van der Waals surface area (Å²) in [5, 5.41) is 18.9. The summed E-state index contributed by atoms with van der Waals surface area (Å²) in [6.45, 7) is 7.42. The summed E-state index contributed by atoms with van der Waals surface area (Å²) < 4.78 is 0. The number of carboxylic acids is 1. The van der Waals surface area contributed by atoms with E-state index in [1.165, 1.54) is 25.6 Å². The number of hydrogen-bond donors (Lipinski definition) is 7. The summed E-state index contributed by atoms with van der Waals surface area (Å²) in [4.78, 5) is 79.6. The maximum Gasteiger partial charge on any atom is 0.305 e. The number of aliphatic imine (C=N–C) groups is 1. The molecule has 0 spiro atoms. The van der Waals surface area contributed by atoms with Crippen LogP contribution in [-0.2, 0) is 30.5 Å². The van der Waals surface area contributed by atoms with Crippen molar-refractivity contribution < 1.29 is 33.9 Å². The number of carboxylic acid groups (broad SMARTS) is 1. The zero-order valence-corrected chi connectivity index (χ0v) is 25.6. The van der Waals surface area contributed by atoms with Crippen molar-refractivity contribution in [1.29, 1.82) is 0 Å². The van der Waals surface area contributed by atoms with E-state index in [0.717, 1.165) is 4.90 Å². The molecule has 43 heavy (non-hydrogen) atoms. The first-order valence-electron chi connectivity index (χ1n) is 14.1. The van der Waals surface area contributed by atoms with Gasteiger partial charge in [-0.25, -0.2) is 0 Å². The van der Waals surface area contributed by atoms with Crippen molar-refractivity contribution in [3.05, 3.63) is 35.4 Å². The SMILES string of the molecule is CC.CCC.CN1C(=O)CNC(=O)c2cccc(c2)CNC(=O)C(CC(=O)O)NC(=O)CNC(=O)C1CCCN=C(N)N. The molecule has 1 aliphatic rings. The number of hydrogen-bond acceptors (Lipinski definition) is 7. The second-order valence-electron chi connectivity index (χ2n) is 9.21. The highest BCUT2D eigenvalue weighted by Crippen LogP contribution is 2.09. The number of carbonyl (C=O) groups excluding carboxylic acids is 5. The van der Waals surface area contributed by atoms with E-state index >= 15 is 0 Å². The Morgan fingerprint density at radius 3 is 2.23 bits per heavy atom. The predicted molar refractivity (Wildman–Crippen MR) is 162 cm³/mol. The Hall–Kier alpha value is -4.69. The lowest BCUT2D eigenvalue weighted by Crippen LogP contribution is -2.53. The lowest BCUT2D eigenvalue weighted by Gasteiger charge is -2.27. The molecule has 0 radical (unpaired) electrons. The lowest BCUT2D eigenvalue weighted by molar-refractivity contribution is -0.141. The van der Waals surface area contributed by atoms with E-state index < -0.39 is 67.1 Å². The highest BCUT2D eigenvalue weighted by Gasteiger charge is 2.28. The number of likely N-dealkylation sites (N-methyl/N-ethyl adjacent to an activating group) is 1.